The Bertz CT molecular complexity index is 1220. The van der Waals surface area contributed by atoms with Crippen molar-refractivity contribution in [2.45, 2.75) is 50.3 Å². The number of rotatable bonds is 9. The molecule has 188 valence electrons. The Hall–Kier alpha value is -3.40. The molecular weight excluding hydrogens is 470 g/mol. The van der Waals surface area contributed by atoms with Gasteiger partial charge in [-0.2, -0.15) is 0 Å². The first-order valence-electron chi connectivity index (χ1n) is 11.5. The quantitative estimate of drug-likeness (QED) is 0.402. The third-order valence-electron chi connectivity index (χ3n) is 6.06. The Morgan fingerprint density at radius 1 is 1.09 bits per heavy atom. The molecule has 1 aliphatic rings. The van der Waals surface area contributed by atoms with Crippen molar-refractivity contribution in [1.29, 1.82) is 0 Å². The molecule has 0 saturated heterocycles. The minimum Gasteiger partial charge on any atom is -0.497 e. The molecule has 0 bridgehead atoms. The maximum absolute atomic E-state index is 13.1. The monoisotopic (exact) mass is 501 g/mol. The van der Waals surface area contributed by atoms with Gasteiger partial charge in [0.25, 0.3) is 15.9 Å². The Morgan fingerprint density at radius 3 is 2.40 bits per heavy atom. The van der Waals surface area contributed by atoms with Crippen molar-refractivity contribution in [1.82, 2.24) is 14.9 Å². The third-order valence-corrected chi connectivity index (χ3v) is 7.40. The second kappa shape index (κ2) is 10.5. The van der Waals surface area contributed by atoms with Crippen molar-refractivity contribution in [2.24, 2.45) is 0 Å². The van der Waals surface area contributed by atoms with E-state index in [0.717, 1.165) is 18.4 Å². The highest BCUT2D eigenvalue weighted by Gasteiger charge is 2.44. The van der Waals surface area contributed by atoms with E-state index in [0.29, 0.717) is 29.8 Å². The number of carbonyl (C=O) groups excluding carboxylic acids is 3. The molecule has 0 aliphatic carbocycles. The number of fused-ring (bicyclic) bond motifs is 1. The number of imide groups is 1. The van der Waals surface area contributed by atoms with Gasteiger partial charge in [0.1, 0.15) is 5.75 Å². The van der Waals surface area contributed by atoms with Gasteiger partial charge in [0.15, 0.2) is 0 Å². The van der Waals surface area contributed by atoms with Crippen LogP contribution in [0, 0.1) is 0 Å². The average Bonchev–Trinajstić information content (AvgIpc) is 2.82. The first-order valence-corrected chi connectivity index (χ1v) is 12.9. The number of urea groups is 1. The van der Waals surface area contributed by atoms with Crippen LogP contribution < -0.4 is 14.8 Å². The highest BCUT2D eigenvalue weighted by Crippen LogP contribution is 2.36. The summed E-state index contributed by atoms with van der Waals surface area (Å²) in [7, 11) is -2.50. The molecule has 3 rings (SSSR count). The van der Waals surface area contributed by atoms with E-state index in [1.807, 2.05) is 11.6 Å². The Kier molecular flexibility index (Phi) is 7.84. The highest BCUT2D eigenvalue weighted by atomic mass is 32.2. The molecule has 1 aliphatic heterocycles. The molecule has 0 atom stereocenters. The summed E-state index contributed by atoms with van der Waals surface area (Å²) in [5.41, 5.74) is 0.951. The van der Waals surface area contributed by atoms with Gasteiger partial charge in [0.2, 0.25) is 5.91 Å². The molecule has 1 heterocycles. The first-order chi connectivity index (χ1) is 16.5. The fourth-order valence-electron chi connectivity index (χ4n) is 3.94. The minimum absolute atomic E-state index is 0.0563. The lowest BCUT2D eigenvalue weighted by atomic mass is 9.77. The summed E-state index contributed by atoms with van der Waals surface area (Å²) in [6.07, 6.45) is 1.97. The van der Waals surface area contributed by atoms with E-state index in [2.05, 4.69) is 5.32 Å². The molecule has 4 amide bonds. The van der Waals surface area contributed by atoms with E-state index in [-0.39, 0.29) is 23.3 Å². The lowest BCUT2D eigenvalue weighted by Crippen LogP contribution is -2.52. The lowest BCUT2D eigenvalue weighted by Gasteiger charge is -2.37. The molecule has 0 aromatic heterocycles. The van der Waals surface area contributed by atoms with Crippen molar-refractivity contribution in [3.05, 3.63) is 59.2 Å². The van der Waals surface area contributed by atoms with Gasteiger partial charge in [-0.25, -0.2) is 17.9 Å². The summed E-state index contributed by atoms with van der Waals surface area (Å²) in [5, 5.41) is 2.50. The molecule has 0 saturated carbocycles. The van der Waals surface area contributed by atoms with Crippen LogP contribution in [0.3, 0.4) is 0 Å². The van der Waals surface area contributed by atoms with E-state index in [9.17, 15) is 22.8 Å². The lowest BCUT2D eigenvalue weighted by molar-refractivity contribution is -0.134. The maximum atomic E-state index is 13.1. The largest absolute Gasteiger partial charge is 0.497 e. The summed E-state index contributed by atoms with van der Waals surface area (Å²) in [6, 6.07) is 10.3. The van der Waals surface area contributed by atoms with Crippen LogP contribution >= 0.6 is 0 Å². The fraction of sp³-hybridized carbons (Fsp3) is 0.400. The second-order valence-corrected chi connectivity index (χ2v) is 10.6. The number of nitrogens with one attached hydrogen (secondary N) is 2. The predicted molar refractivity (Wildman–Crippen MR) is 131 cm³/mol. The summed E-state index contributed by atoms with van der Waals surface area (Å²) < 4.78 is 32.1. The summed E-state index contributed by atoms with van der Waals surface area (Å²) >= 11 is 0. The molecule has 0 radical (unpaired) electrons. The molecule has 2 N–H and O–H groups in total. The molecule has 2 aromatic rings. The second-order valence-electron chi connectivity index (χ2n) is 8.91. The summed E-state index contributed by atoms with van der Waals surface area (Å²) in [6.45, 7) is 6.06. The topological polar surface area (TPSA) is 122 Å². The van der Waals surface area contributed by atoms with Gasteiger partial charge in [0.05, 0.1) is 17.4 Å². The standard InChI is InChI=1S/C25H31N3O6S/c1-5-6-14-26-24(31)27-35(32,33)19-10-7-17(8-11-19)13-15-28-22(29)20-16-18(34-4)9-12-21(20)25(2,3)23(28)30/h7-12,16H,5-6,13-15H2,1-4H3,(H2,26,27,31). The van der Waals surface area contributed by atoms with E-state index < -0.39 is 21.5 Å². The number of hydrogen-bond donors (Lipinski definition) is 2. The number of nitrogens with zero attached hydrogens (tertiary/aromatic N) is 1. The van der Waals surface area contributed by atoms with Crippen LogP contribution in [0.25, 0.3) is 0 Å². The van der Waals surface area contributed by atoms with Crippen molar-refractivity contribution >= 4 is 27.9 Å². The number of amides is 4. The van der Waals surface area contributed by atoms with E-state index in [1.54, 1.807) is 44.2 Å². The number of unbranched alkanes of at least 4 members (excludes halogenated alkanes) is 1. The normalized spacial score (nSPS) is 14.9. The van der Waals surface area contributed by atoms with Crippen LogP contribution in [0.4, 0.5) is 4.79 Å². The number of benzene rings is 2. The predicted octanol–water partition coefficient (Wildman–Crippen LogP) is 2.99. The number of sulfonamides is 1. The maximum Gasteiger partial charge on any atom is 0.328 e. The zero-order chi connectivity index (χ0) is 25.8. The first kappa shape index (κ1) is 26.2. The molecule has 35 heavy (non-hydrogen) atoms. The number of methoxy groups -OCH3 is 1. The van der Waals surface area contributed by atoms with Gasteiger partial charge in [-0.3, -0.25) is 14.5 Å². The van der Waals surface area contributed by atoms with Crippen molar-refractivity contribution in [3.63, 3.8) is 0 Å². The van der Waals surface area contributed by atoms with Crippen LogP contribution in [-0.4, -0.2) is 51.4 Å². The van der Waals surface area contributed by atoms with Crippen molar-refractivity contribution in [3.8, 4) is 5.75 Å². The smallest absolute Gasteiger partial charge is 0.328 e. The van der Waals surface area contributed by atoms with Crippen LogP contribution in [-0.2, 0) is 26.7 Å². The number of ether oxygens (including phenoxy) is 1. The molecule has 10 heteroatoms. The summed E-state index contributed by atoms with van der Waals surface area (Å²) in [4.78, 5) is 39.2. The van der Waals surface area contributed by atoms with E-state index in [1.165, 1.54) is 24.1 Å². The molecule has 0 spiro atoms. The highest BCUT2D eigenvalue weighted by molar-refractivity contribution is 7.90. The molecule has 2 aromatic carbocycles. The van der Waals surface area contributed by atoms with E-state index in [4.69, 9.17) is 4.74 Å². The summed E-state index contributed by atoms with van der Waals surface area (Å²) in [5.74, 6) is -0.148. The Balaban J connectivity index is 1.70. The van der Waals surface area contributed by atoms with Gasteiger partial charge < -0.3 is 10.1 Å². The van der Waals surface area contributed by atoms with Crippen LogP contribution in [0.15, 0.2) is 47.4 Å². The molecule has 0 unspecified atom stereocenters. The number of carbonyl (C=O) groups is 3. The van der Waals surface area contributed by atoms with Crippen LogP contribution in [0.5, 0.6) is 5.75 Å². The van der Waals surface area contributed by atoms with Gasteiger partial charge in [-0.15, -0.1) is 0 Å². The van der Waals surface area contributed by atoms with Gasteiger partial charge in [0, 0.05) is 18.7 Å². The zero-order valence-corrected chi connectivity index (χ0v) is 21.2. The van der Waals surface area contributed by atoms with Crippen molar-refractivity contribution in [2.75, 3.05) is 20.2 Å². The third kappa shape index (κ3) is 5.64. The van der Waals surface area contributed by atoms with Crippen LogP contribution in [0.2, 0.25) is 0 Å². The van der Waals surface area contributed by atoms with E-state index >= 15 is 0 Å². The Morgan fingerprint density at radius 2 is 1.77 bits per heavy atom. The fourth-order valence-corrected chi connectivity index (χ4v) is 4.87. The van der Waals surface area contributed by atoms with Crippen LogP contribution in [0.1, 0.15) is 55.1 Å². The number of hydrogen-bond acceptors (Lipinski definition) is 6. The van der Waals surface area contributed by atoms with Gasteiger partial charge in [-0.05, 0) is 62.1 Å². The minimum atomic E-state index is -4.01. The zero-order valence-electron chi connectivity index (χ0n) is 20.4. The van der Waals surface area contributed by atoms with Gasteiger partial charge in [-0.1, -0.05) is 31.5 Å². The van der Waals surface area contributed by atoms with Crippen molar-refractivity contribution < 1.29 is 27.5 Å². The molecule has 0 fully saturated rings. The molecule has 9 nitrogen and oxygen atoms in total. The molecular formula is C25H31N3O6S. The SMILES string of the molecule is CCCCNC(=O)NS(=O)(=O)c1ccc(CCN2C(=O)c3cc(OC)ccc3C(C)(C)C2=O)cc1. The average molecular weight is 502 g/mol. The van der Waals surface area contributed by atoms with Gasteiger partial charge >= 0.3 is 6.03 Å². The Labute approximate surface area is 205 Å².